The molecule has 172 valence electrons. The van der Waals surface area contributed by atoms with Crippen molar-refractivity contribution in [3.63, 3.8) is 0 Å². The van der Waals surface area contributed by atoms with E-state index >= 15 is 4.39 Å². The van der Waals surface area contributed by atoms with Crippen LogP contribution in [0.4, 0.5) is 4.39 Å². The van der Waals surface area contributed by atoms with Crippen molar-refractivity contribution in [3.8, 4) is 5.75 Å². The fraction of sp³-hybridized carbons (Fsp3) is 0.207. The van der Waals surface area contributed by atoms with Gasteiger partial charge in [0, 0.05) is 24.1 Å². The largest absolute Gasteiger partial charge is 0.489 e. The molecule has 0 fully saturated rings. The molecule has 1 heterocycles. The summed E-state index contributed by atoms with van der Waals surface area (Å²) in [4.78, 5) is 11.5. The molecule has 3 atom stereocenters. The highest BCUT2D eigenvalue weighted by atomic mass is 19.1. The first-order valence-corrected chi connectivity index (χ1v) is 11.5. The van der Waals surface area contributed by atoms with E-state index in [9.17, 15) is 9.90 Å². The molecule has 0 radical (unpaired) electrons. The molecule has 2 N–H and O–H groups in total. The highest BCUT2D eigenvalue weighted by molar-refractivity contribution is 5.88. The molecule has 34 heavy (non-hydrogen) atoms. The van der Waals surface area contributed by atoms with Gasteiger partial charge in [-0.15, -0.1) is 0 Å². The number of hydrogen-bond donors (Lipinski definition) is 2. The van der Waals surface area contributed by atoms with E-state index in [4.69, 9.17) is 4.74 Å². The Morgan fingerprint density at radius 3 is 2.56 bits per heavy atom. The zero-order valence-electron chi connectivity index (χ0n) is 18.9. The van der Waals surface area contributed by atoms with E-state index in [1.165, 1.54) is 22.4 Å². The Hall–Kier alpha value is -3.70. The van der Waals surface area contributed by atoms with E-state index in [1.807, 2.05) is 36.4 Å². The lowest BCUT2D eigenvalue weighted by Crippen LogP contribution is -2.37. The normalized spacial score (nSPS) is 18.2. The number of hydrogen-bond acceptors (Lipinski definition) is 3. The van der Waals surface area contributed by atoms with Crippen LogP contribution in [-0.2, 0) is 0 Å². The van der Waals surface area contributed by atoms with Crippen LogP contribution in [0.3, 0.4) is 0 Å². The minimum absolute atomic E-state index is 0.0948. The third-order valence-corrected chi connectivity index (χ3v) is 6.66. The van der Waals surface area contributed by atoms with Gasteiger partial charge in [0.15, 0.2) is 0 Å². The van der Waals surface area contributed by atoms with Gasteiger partial charge in [0.05, 0.1) is 5.56 Å². The maximum Gasteiger partial charge on any atom is 0.338 e. The number of aromatic carboxylic acids is 1. The van der Waals surface area contributed by atoms with E-state index in [-0.39, 0.29) is 23.6 Å². The molecule has 4 nitrogen and oxygen atoms in total. The van der Waals surface area contributed by atoms with Crippen LogP contribution in [0.25, 0.3) is 10.8 Å². The van der Waals surface area contributed by atoms with Crippen molar-refractivity contribution in [1.82, 2.24) is 5.32 Å². The molecule has 0 aromatic heterocycles. The lowest BCUT2D eigenvalue weighted by atomic mass is 9.83. The Kier molecular flexibility index (Phi) is 6.03. The van der Waals surface area contributed by atoms with Crippen molar-refractivity contribution in [1.29, 1.82) is 0 Å². The van der Waals surface area contributed by atoms with E-state index in [0.29, 0.717) is 24.3 Å². The van der Waals surface area contributed by atoms with Gasteiger partial charge in [-0.3, -0.25) is 0 Å². The SMILES string of the molecule is C[C@@H](NC[C@H]1C[C@@H](c2cccc(C(=O)O)c2F)c2ccccc2O1)c1cccc2ccccc12. The molecule has 1 aliphatic rings. The maximum atomic E-state index is 15.2. The quantitative estimate of drug-likeness (QED) is 0.358. The van der Waals surface area contributed by atoms with Gasteiger partial charge in [-0.1, -0.05) is 72.8 Å². The molecule has 0 spiro atoms. The van der Waals surface area contributed by atoms with Gasteiger partial charge in [0.1, 0.15) is 17.7 Å². The van der Waals surface area contributed by atoms with Crippen LogP contribution in [-0.4, -0.2) is 23.7 Å². The first-order chi connectivity index (χ1) is 16.5. The summed E-state index contributed by atoms with van der Waals surface area (Å²) >= 11 is 0. The number of rotatable bonds is 6. The number of nitrogens with one attached hydrogen (secondary N) is 1. The highest BCUT2D eigenvalue weighted by Gasteiger charge is 2.32. The van der Waals surface area contributed by atoms with Crippen LogP contribution in [0.1, 0.15) is 52.4 Å². The number of benzene rings is 4. The minimum Gasteiger partial charge on any atom is -0.489 e. The molecule has 0 saturated carbocycles. The fourth-order valence-corrected chi connectivity index (χ4v) is 4.94. The zero-order chi connectivity index (χ0) is 23.7. The highest BCUT2D eigenvalue weighted by Crippen LogP contribution is 2.41. The summed E-state index contributed by atoms with van der Waals surface area (Å²) in [5, 5.41) is 15.4. The zero-order valence-corrected chi connectivity index (χ0v) is 18.9. The summed E-state index contributed by atoms with van der Waals surface area (Å²) in [6.07, 6.45) is 0.358. The second-order valence-electron chi connectivity index (χ2n) is 8.78. The number of fused-ring (bicyclic) bond motifs is 2. The average Bonchev–Trinajstić information content (AvgIpc) is 2.86. The predicted molar refractivity (Wildman–Crippen MR) is 131 cm³/mol. The van der Waals surface area contributed by atoms with Gasteiger partial charge >= 0.3 is 5.97 Å². The van der Waals surface area contributed by atoms with Gasteiger partial charge in [0.25, 0.3) is 0 Å². The van der Waals surface area contributed by atoms with Crippen LogP contribution in [0, 0.1) is 5.82 Å². The summed E-state index contributed by atoms with van der Waals surface area (Å²) in [6, 6.07) is 26.9. The molecular formula is C29H26FNO3. The van der Waals surface area contributed by atoms with Crippen molar-refractivity contribution in [2.24, 2.45) is 0 Å². The predicted octanol–water partition coefficient (Wildman–Crippen LogP) is 6.31. The van der Waals surface area contributed by atoms with Gasteiger partial charge in [-0.05, 0) is 47.4 Å². The third-order valence-electron chi connectivity index (χ3n) is 6.66. The Morgan fingerprint density at radius 1 is 1.00 bits per heavy atom. The monoisotopic (exact) mass is 455 g/mol. The summed E-state index contributed by atoms with van der Waals surface area (Å²) < 4.78 is 21.4. The number of halogens is 1. The Labute approximate surface area is 198 Å². The van der Waals surface area contributed by atoms with Crippen LogP contribution < -0.4 is 10.1 Å². The molecule has 4 aromatic carbocycles. The van der Waals surface area contributed by atoms with E-state index in [2.05, 4.69) is 42.6 Å². The fourth-order valence-electron chi connectivity index (χ4n) is 4.94. The molecule has 4 aromatic rings. The molecular weight excluding hydrogens is 429 g/mol. The molecule has 5 heteroatoms. The van der Waals surface area contributed by atoms with Crippen LogP contribution in [0.5, 0.6) is 5.75 Å². The smallest absolute Gasteiger partial charge is 0.338 e. The molecule has 0 unspecified atom stereocenters. The standard InChI is InChI=1S/C29H26FNO3/c1-18(21-12-6-9-19-8-2-3-10-22(19)21)31-17-20-16-26(23-11-4-5-15-27(23)34-20)24-13-7-14-25(28(24)30)29(32)33/h2-15,18,20,26,31H,16-17H2,1H3,(H,32,33)/t18-,20-,26-/m1/s1. The molecule has 0 bridgehead atoms. The van der Waals surface area contributed by atoms with Crippen LogP contribution in [0.15, 0.2) is 84.9 Å². The Morgan fingerprint density at radius 2 is 1.71 bits per heavy atom. The topological polar surface area (TPSA) is 58.6 Å². The summed E-state index contributed by atoms with van der Waals surface area (Å²) in [7, 11) is 0. The number of carboxylic acid groups (broad SMARTS) is 1. The number of para-hydroxylation sites is 1. The maximum absolute atomic E-state index is 15.2. The second kappa shape index (κ2) is 9.27. The lowest BCUT2D eigenvalue weighted by molar-refractivity contribution is 0.0691. The number of carboxylic acids is 1. The van der Waals surface area contributed by atoms with Crippen LogP contribution >= 0.6 is 0 Å². The Balaban J connectivity index is 1.40. The molecule has 5 rings (SSSR count). The molecule has 1 aliphatic heterocycles. The number of ether oxygens (including phenoxy) is 1. The van der Waals surface area contributed by atoms with Crippen LogP contribution in [0.2, 0.25) is 0 Å². The van der Waals surface area contributed by atoms with Gasteiger partial charge in [-0.2, -0.15) is 0 Å². The molecule has 0 aliphatic carbocycles. The summed E-state index contributed by atoms with van der Waals surface area (Å²) in [5.74, 6) is -1.51. The van der Waals surface area contributed by atoms with Crippen molar-refractivity contribution in [3.05, 3.63) is 113 Å². The first-order valence-electron chi connectivity index (χ1n) is 11.5. The average molecular weight is 456 g/mol. The number of carbonyl (C=O) groups is 1. The van der Waals surface area contributed by atoms with Crippen molar-refractivity contribution < 1.29 is 19.0 Å². The first kappa shape index (κ1) is 22.1. The third kappa shape index (κ3) is 4.15. The van der Waals surface area contributed by atoms with Gasteiger partial charge in [-0.25, -0.2) is 9.18 Å². The van der Waals surface area contributed by atoms with Crippen molar-refractivity contribution in [2.45, 2.75) is 31.4 Å². The lowest BCUT2D eigenvalue weighted by Gasteiger charge is -2.33. The molecule has 0 amide bonds. The Bertz CT molecular complexity index is 1350. The second-order valence-corrected chi connectivity index (χ2v) is 8.78. The minimum atomic E-state index is -1.26. The van der Waals surface area contributed by atoms with Gasteiger partial charge in [0.2, 0.25) is 0 Å². The van der Waals surface area contributed by atoms with E-state index in [1.54, 1.807) is 12.1 Å². The van der Waals surface area contributed by atoms with E-state index in [0.717, 1.165) is 5.56 Å². The summed E-state index contributed by atoms with van der Waals surface area (Å²) in [6.45, 7) is 2.71. The van der Waals surface area contributed by atoms with Crippen molar-refractivity contribution in [2.75, 3.05) is 6.54 Å². The van der Waals surface area contributed by atoms with E-state index < -0.39 is 11.8 Å². The van der Waals surface area contributed by atoms with Gasteiger partial charge < -0.3 is 15.2 Å². The molecule has 0 saturated heterocycles. The summed E-state index contributed by atoms with van der Waals surface area (Å²) in [5.41, 5.74) is 2.18. The van der Waals surface area contributed by atoms with Crippen molar-refractivity contribution >= 4 is 16.7 Å².